The average molecular weight is 422 g/mol. The molecule has 2 aromatic heterocycles. The van der Waals surface area contributed by atoms with Gasteiger partial charge in [-0.25, -0.2) is 14.4 Å². The van der Waals surface area contributed by atoms with E-state index in [2.05, 4.69) is 15.3 Å². The van der Waals surface area contributed by atoms with E-state index in [1.54, 1.807) is 38.2 Å². The second-order valence-corrected chi connectivity index (χ2v) is 7.25. The van der Waals surface area contributed by atoms with Crippen molar-refractivity contribution in [2.75, 3.05) is 11.1 Å². The zero-order chi connectivity index (χ0) is 24.8. The number of aryl methyl sites for hydroxylation is 3. The minimum Gasteiger partial charge on any atom is -0.382 e. The molecule has 1 atom stereocenters. The van der Waals surface area contributed by atoms with Crippen LogP contribution in [-0.4, -0.2) is 25.4 Å². The molecule has 0 aliphatic rings. The van der Waals surface area contributed by atoms with Gasteiger partial charge in [0.15, 0.2) is 6.10 Å². The normalized spacial score (nSPS) is 14.0. The lowest BCUT2D eigenvalue weighted by Crippen LogP contribution is -2.21. The molecule has 0 fully saturated rings. The van der Waals surface area contributed by atoms with Crippen LogP contribution in [0, 0.1) is 26.5 Å². The molecular weight excluding hydrogens is 397 g/mol. The Hall–Kier alpha value is -3.78. The minimum absolute atomic E-state index is 0.130. The van der Waals surface area contributed by atoms with Crippen molar-refractivity contribution >= 4 is 22.9 Å². The van der Waals surface area contributed by atoms with Crippen molar-refractivity contribution in [3.8, 4) is 11.3 Å². The van der Waals surface area contributed by atoms with Gasteiger partial charge >= 0.3 is 0 Å². The molecule has 4 aromatic rings. The predicted molar refractivity (Wildman–Crippen MR) is 117 cm³/mol. The van der Waals surface area contributed by atoms with Crippen LogP contribution in [0.1, 0.15) is 32.9 Å². The second kappa shape index (κ2) is 7.81. The SMILES string of the molecule is [2H]C([2H])([2H])c1nc(-c2ccc(NC(=O)[C@H](O)c3cccc(F)c3)cc2C)c2c(N)nc(C)cn12. The van der Waals surface area contributed by atoms with E-state index in [9.17, 15) is 14.3 Å². The highest BCUT2D eigenvalue weighted by atomic mass is 19.1. The van der Waals surface area contributed by atoms with Crippen molar-refractivity contribution < 1.29 is 18.4 Å². The third-order valence-corrected chi connectivity index (χ3v) is 4.93. The van der Waals surface area contributed by atoms with Crippen molar-refractivity contribution in [2.24, 2.45) is 0 Å². The van der Waals surface area contributed by atoms with E-state index < -0.39 is 24.7 Å². The van der Waals surface area contributed by atoms with Crippen molar-refractivity contribution in [3.05, 3.63) is 77.1 Å². The van der Waals surface area contributed by atoms with Crippen molar-refractivity contribution in [1.82, 2.24) is 14.4 Å². The second-order valence-electron chi connectivity index (χ2n) is 7.25. The van der Waals surface area contributed by atoms with Crippen LogP contribution < -0.4 is 11.1 Å². The molecule has 0 aliphatic carbocycles. The van der Waals surface area contributed by atoms with E-state index in [0.29, 0.717) is 33.7 Å². The summed E-state index contributed by atoms with van der Waals surface area (Å²) in [5, 5.41) is 12.9. The van der Waals surface area contributed by atoms with Gasteiger partial charge in [0.1, 0.15) is 28.7 Å². The number of aliphatic hydroxyl groups excluding tert-OH is 1. The highest BCUT2D eigenvalue weighted by Crippen LogP contribution is 2.32. The number of carbonyl (C=O) groups is 1. The molecule has 1 amide bonds. The van der Waals surface area contributed by atoms with Crippen molar-refractivity contribution in [3.63, 3.8) is 0 Å². The molecular formula is C23H22FN5O2. The fourth-order valence-electron chi connectivity index (χ4n) is 3.50. The van der Waals surface area contributed by atoms with E-state index in [0.717, 1.165) is 6.07 Å². The van der Waals surface area contributed by atoms with Gasteiger partial charge in [0, 0.05) is 21.6 Å². The van der Waals surface area contributed by atoms with Gasteiger partial charge < -0.3 is 16.2 Å². The first-order chi connectivity index (χ1) is 16.0. The molecule has 0 spiro atoms. The number of carbonyl (C=O) groups excluding carboxylic acids is 1. The number of anilines is 2. The molecule has 0 unspecified atom stereocenters. The molecule has 0 bridgehead atoms. The standard InChI is InChI=1S/C23H22FN5O2/c1-12-9-17(28-23(31)21(30)15-5-4-6-16(24)10-15)7-8-18(12)19-20-22(25)26-13(2)11-29(20)14(3)27-19/h4-11,21,30H,1-3H3,(H2,25,26)(H,28,31)/t21-/m1/s1/i3D3. The van der Waals surface area contributed by atoms with Crippen LogP contribution in [0.4, 0.5) is 15.9 Å². The molecule has 0 radical (unpaired) electrons. The van der Waals surface area contributed by atoms with Crippen LogP contribution in [0.2, 0.25) is 0 Å². The van der Waals surface area contributed by atoms with Crippen LogP contribution in [0.3, 0.4) is 0 Å². The monoisotopic (exact) mass is 422 g/mol. The number of hydrogen-bond donors (Lipinski definition) is 3. The summed E-state index contributed by atoms with van der Waals surface area (Å²) >= 11 is 0. The Morgan fingerprint density at radius 1 is 1.26 bits per heavy atom. The number of fused-ring (bicyclic) bond motifs is 1. The number of halogens is 1. The summed E-state index contributed by atoms with van der Waals surface area (Å²) in [6.07, 6.45) is 0.0189. The smallest absolute Gasteiger partial charge is 0.257 e. The average Bonchev–Trinajstić information content (AvgIpc) is 3.13. The fraction of sp³-hybridized carbons (Fsp3) is 0.174. The third-order valence-electron chi connectivity index (χ3n) is 4.93. The number of hydrogen-bond acceptors (Lipinski definition) is 5. The maximum Gasteiger partial charge on any atom is 0.257 e. The maximum atomic E-state index is 13.4. The highest BCUT2D eigenvalue weighted by Gasteiger charge is 2.20. The van der Waals surface area contributed by atoms with Gasteiger partial charge in [-0.05, 0) is 56.1 Å². The van der Waals surface area contributed by atoms with Crippen LogP contribution >= 0.6 is 0 Å². The first-order valence-corrected chi connectivity index (χ1v) is 9.47. The molecule has 8 heteroatoms. The molecule has 0 saturated carbocycles. The Morgan fingerprint density at radius 2 is 2.06 bits per heavy atom. The Morgan fingerprint density at radius 3 is 2.77 bits per heavy atom. The molecule has 0 saturated heterocycles. The number of amides is 1. The van der Waals surface area contributed by atoms with Crippen molar-refractivity contribution in [2.45, 2.75) is 26.8 Å². The van der Waals surface area contributed by atoms with Crippen LogP contribution in [0.15, 0.2) is 48.7 Å². The van der Waals surface area contributed by atoms with Crippen LogP contribution in [0.25, 0.3) is 16.8 Å². The van der Waals surface area contributed by atoms with E-state index in [1.807, 2.05) is 0 Å². The lowest BCUT2D eigenvalue weighted by Gasteiger charge is -2.13. The number of rotatable bonds is 4. The van der Waals surface area contributed by atoms with Crippen LogP contribution in [0.5, 0.6) is 0 Å². The lowest BCUT2D eigenvalue weighted by atomic mass is 10.0. The molecule has 2 heterocycles. The number of nitrogens with two attached hydrogens (primary N) is 1. The fourth-order valence-corrected chi connectivity index (χ4v) is 3.50. The number of aliphatic hydroxyl groups is 1. The number of aromatic nitrogens is 3. The first kappa shape index (κ1) is 17.0. The van der Waals surface area contributed by atoms with Gasteiger partial charge in [0.05, 0.1) is 5.69 Å². The van der Waals surface area contributed by atoms with E-state index in [1.165, 1.54) is 22.6 Å². The van der Waals surface area contributed by atoms with Gasteiger partial charge in [-0.15, -0.1) is 0 Å². The van der Waals surface area contributed by atoms with E-state index in [4.69, 9.17) is 9.85 Å². The summed E-state index contributed by atoms with van der Waals surface area (Å²) in [5.41, 5.74) is 9.21. The van der Waals surface area contributed by atoms with Gasteiger partial charge in [0.2, 0.25) is 0 Å². The van der Waals surface area contributed by atoms with Gasteiger partial charge in [-0.3, -0.25) is 9.20 Å². The summed E-state index contributed by atoms with van der Waals surface area (Å²) in [4.78, 5) is 21.1. The van der Waals surface area contributed by atoms with Crippen LogP contribution in [-0.2, 0) is 4.79 Å². The lowest BCUT2D eigenvalue weighted by molar-refractivity contribution is -0.124. The Balaban J connectivity index is 1.70. The minimum atomic E-state index is -2.48. The molecule has 4 N–H and O–H groups in total. The third kappa shape index (κ3) is 3.85. The summed E-state index contributed by atoms with van der Waals surface area (Å²) in [6.45, 7) is 1.00. The largest absolute Gasteiger partial charge is 0.382 e. The molecule has 158 valence electrons. The quantitative estimate of drug-likeness (QED) is 0.465. The Kier molecular flexibility index (Phi) is 4.27. The van der Waals surface area contributed by atoms with Crippen molar-refractivity contribution in [1.29, 1.82) is 0 Å². The Labute approximate surface area is 182 Å². The van der Waals surface area contributed by atoms with Gasteiger partial charge in [0.25, 0.3) is 5.91 Å². The molecule has 2 aromatic carbocycles. The molecule has 4 rings (SSSR count). The summed E-state index contributed by atoms with van der Waals surface area (Å²) in [5.74, 6) is -1.27. The topological polar surface area (TPSA) is 106 Å². The van der Waals surface area contributed by atoms with Gasteiger partial charge in [-0.1, -0.05) is 18.2 Å². The summed E-state index contributed by atoms with van der Waals surface area (Å²) < 4.78 is 38.4. The first-order valence-electron chi connectivity index (χ1n) is 11.0. The number of nitrogens with one attached hydrogen (secondary N) is 1. The highest BCUT2D eigenvalue weighted by molar-refractivity contribution is 5.95. The van der Waals surface area contributed by atoms with E-state index >= 15 is 0 Å². The predicted octanol–water partition coefficient (Wildman–Crippen LogP) is 3.71. The number of imidazole rings is 1. The summed E-state index contributed by atoms with van der Waals surface area (Å²) in [7, 11) is 0. The zero-order valence-corrected chi connectivity index (χ0v) is 16.8. The molecule has 31 heavy (non-hydrogen) atoms. The number of nitrogen functional groups attached to an aromatic ring is 1. The number of nitrogens with zero attached hydrogens (tertiary/aromatic N) is 3. The molecule has 7 nitrogen and oxygen atoms in total. The molecule has 0 aliphatic heterocycles. The van der Waals surface area contributed by atoms with E-state index in [-0.39, 0.29) is 17.2 Å². The van der Waals surface area contributed by atoms with Gasteiger partial charge in [-0.2, -0.15) is 0 Å². The Bertz CT molecular complexity index is 1420. The maximum absolute atomic E-state index is 13.4. The number of benzene rings is 2. The summed E-state index contributed by atoms with van der Waals surface area (Å²) in [6, 6.07) is 10.1. The zero-order valence-electron chi connectivity index (χ0n) is 19.8.